The molecular formula is C24H32N4O4S2. The van der Waals surface area contributed by atoms with Crippen LogP contribution in [-0.2, 0) is 10.0 Å². The van der Waals surface area contributed by atoms with Crippen molar-refractivity contribution in [2.75, 3.05) is 52.3 Å². The Morgan fingerprint density at radius 3 is 2.24 bits per heavy atom. The lowest BCUT2D eigenvalue weighted by atomic mass is 10.2. The minimum atomic E-state index is -3.57. The molecule has 0 N–H and O–H groups in total. The number of nitrogens with zero attached hydrogens (tertiary/aromatic N) is 4. The lowest BCUT2D eigenvalue weighted by Crippen LogP contribution is -2.38. The summed E-state index contributed by atoms with van der Waals surface area (Å²) in [5.41, 5.74) is 2.20. The van der Waals surface area contributed by atoms with E-state index >= 15 is 0 Å². The smallest absolute Gasteiger partial charge is 0.260 e. The third-order valence-corrected chi connectivity index (χ3v) is 8.85. The second kappa shape index (κ2) is 10.8. The van der Waals surface area contributed by atoms with Crippen LogP contribution >= 0.6 is 11.3 Å². The number of hydrogen-bond donors (Lipinski definition) is 0. The van der Waals surface area contributed by atoms with Gasteiger partial charge >= 0.3 is 0 Å². The predicted octanol–water partition coefficient (Wildman–Crippen LogP) is 3.85. The Hall–Kier alpha value is -2.53. The molecule has 34 heavy (non-hydrogen) atoms. The summed E-state index contributed by atoms with van der Waals surface area (Å²) in [6.45, 7) is 9.09. The Balaban J connectivity index is 2.02. The molecule has 184 valence electrons. The van der Waals surface area contributed by atoms with Crippen molar-refractivity contribution >= 4 is 42.6 Å². The van der Waals surface area contributed by atoms with Crippen molar-refractivity contribution < 1.29 is 17.9 Å². The molecule has 0 spiro atoms. The van der Waals surface area contributed by atoms with Gasteiger partial charge in [0.05, 0.1) is 16.7 Å². The maximum atomic E-state index is 13.6. The first kappa shape index (κ1) is 26.1. The highest BCUT2D eigenvalue weighted by atomic mass is 32.2. The summed E-state index contributed by atoms with van der Waals surface area (Å²) in [5, 5.41) is 0.588. The molecular weight excluding hydrogens is 472 g/mol. The van der Waals surface area contributed by atoms with Gasteiger partial charge in [-0.15, -0.1) is 0 Å². The molecule has 1 heterocycles. The number of carbonyl (C=O) groups is 1. The Bertz CT molecular complexity index is 1250. The zero-order valence-electron chi connectivity index (χ0n) is 20.5. The molecule has 0 atom stereocenters. The number of aromatic nitrogens is 1. The van der Waals surface area contributed by atoms with Gasteiger partial charge in [0.25, 0.3) is 5.91 Å². The van der Waals surface area contributed by atoms with Crippen molar-refractivity contribution in [1.82, 2.24) is 14.2 Å². The summed E-state index contributed by atoms with van der Waals surface area (Å²) in [6.07, 6.45) is 0. The van der Waals surface area contributed by atoms with Crippen LogP contribution in [0.15, 0.2) is 41.3 Å². The summed E-state index contributed by atoms with van der Waals surface area (Å²) < 4.78 is 32.4. The summed E-state index contributed by atoms with van der Waals surface area (Å²) >= 11 is 1.46. The van der Waals surface area contributed by atoms with Crippen LogP contribution in [0.5, 0.6) is 5.75 Å². The Kier molecular flexibility index (Phi) is 8.29. The van der Waals surface area contributed by atoms with Gasteiger partial charge in [0, 0.05) is 32.7 Å². The summed E-state index contributed by atoms with van der Waals surface area (Å²) in [6, 6.07) is 9.92. The molecule has 0 unspecified atom stereocenters. The molecule has 1 aromatic heterocycles. The van der Waals surface area contributed by atoms with E-state index in [0.717, 1.165) is 33.2 Å². The summed E-state index contributed by atoms with van der Waals surface area (Å²) in [4.78, 5) is 22.5. The number of benzene rings is 2. The predicted molar refractivity (Wildman–Crippen MR) is 138 cm³/mol. The van der Waals surface area contributed by atoms with E-state index in [2.05, 4.69) is 18.7 Å². The van der Waals surface area contributed by atoms with Crippen molar-refractivity contribution in [3.05, 3.63) is 47.5 Å². The van der Waals surface area contributed by atoms with E-state index in [4.69, 9.17) is 9.72 Å². The zero-order valence-corrected chi connectivity index (χ0v) is 22.2. The molecule has 0 aliphatic carbocycles. The fraction of sp³-hybridized carbons (Fsp3) is 0.417. The average molecular weight is 505 g/mol. The monoisotopic (exact) mass is 504 g/mol. The van der Waals surface area contributed by atoms with Gasteiger partial charge < -0.3 is 9.64 Å². The highest BCUT2D eigenvalue weighted by Crippen LogP contribution is 2.36. The molecule has 3 aromatic rings. The van der Waals surface area contributed by atoms with Crippen LogP contribution in [0.4, 0.5) is 5.13 Å². The molecule has 0 bridgehead atoms. The quantitative estimate of drug-likeness (QED) is 0.417. The minimum Gasteiger partial charge on any atom is -0.494 e. The maximum absolute atomic E-state index is 13.6. The maximum Gasteiger partial charge on any atom is 0.260 e. The van der Waals surface area contributed by atoms with Crippen LogP contribution < -0.4 is 9.64 Å². The molecule has 0 saturated heterocycles. The number of methoxy groups -OCH3 is 1. The second-order valence-corrected chi connectivity index (χ2v) is 11.2. The van der Waals surface area contributed by atoms with Gasteiger partial charge in [-0.05, 0) is 55.9 Å². The number of rotatable bonds is 10. The molecule has 10 heteroatoms. The molecule has 8 nitrogen and oxygen atoms in total. The van der Waals surface area contributed by atoms with Crippen LogP contribution in [0.2, 0.25) is 0 Å². The van der Waals surface area contributed by atoms with E-state index in [1.54, 1.807) is 24.1 Å². The first-order valence-corrected chi connectivity index (χ1v) is 13.4. The van der Waals surface area contributed by atoms with Crippen molar-refractivity contribution in [3.63, 3.8) is 0 Å². The summed E-state index contributed by atoms with van der Waals surface area (Å²) in [7, 11) is 0.992. The van der Waals surface area contributed by atoms with Gasteiger partial charge in [0.15, 0.2) is 5.13 Å². The van der Waals surface area contributed by atoms with Gasteiger partial charge in [0.1, 0.15) is 11.3 Å². The second-order valence-electron chi connectivity index (χ2n) is 8.05. The Morgan fingerprint density at radius 1 is 1.03 bits per heavy atom. The topological polar surface area (TPSA) is 83.1 Å². The number of hydrogen-bond acceptors (Lipinski definition) is 7. The van der Waals surface area contributed by atoms with E-state index < -0.39 is 10.0 Å². The van der Waals surface area contributed by atoms with E-state index in [1.807, 2.05) is 19.1 Å². The van der Waals surface area contributed by atoms with Gasteiger partial charge in [-0.3, -0.25) is 9.69 Å². The number of carbonyl (C=O) groups excluding carboxylic acids is 1. The van der Waals surface area contributed by atoms with Crippen molar-refractivity contribution in [2.45, 2.75) is 25.7 Å². The lowest BCUT2D eigenvalue weighted by Gasteiger charge is -2.25. The SMILES string of the molecule is CCN(CC)CCN(C(=O)c1ccc(S(=O)(=O)N(C)C)cc1)c1nc2c(OC)ccc(C)c2s1. The van der Waals surface area contributed by atoms with E-state index in [-0.39, 0.29) is 10.8 Å². The average Bonchev–Trinajstić information content (AvgIpc) is 3.28. The van der Waals surface area contributed by atoms with Crippen LogP contribution in [0.1, 0.15) is 29.8 Å². The number of thiazole rings is 1. The fourth-order valence-corrected chi connectivity index (χ4v) is 5.56. The van der Waals surface area contributed by atoms with Gasteiger partial charge in [0.2, 0.25) is 10.0 Å². The first-order valence-electron chi connectivity index (χ1n) is 11.1. The van der Waals surface area contributed by atoms with Gasteiger partial charge in [-0.2, -0.15) is 0 Å². The first-order chi connectivity index (χ1) is 16.1. The standard InChI is InChI=1S/C24H32N4O4S2/c1-7-27(8-2)15-16-28(24-25-21-20(32-6)14-9-17(3)22(21)33-24)23(29)18-10-12-19(13-11-18)34(30,31)26(4)5/h9-14H,7-8,15-16H2,1-6H3. The molecule has 0 saturated carbocycles. The van der Waals surface area contributed by atoms with Crippen LogP contribution in [0.3, 0.4) is 0 Å². The number of ether oxygens (including phenoxy) is 1. The van der Waals surface area contributed by atoms with Crippen molar-refractivity contribution in [3.8, 4) is 5.75 Å². The Morgan fingerprint density at radius 2 is 1.68 bits per heavy atom. The highest BCUT2D eigenvalue weighted by molar-refractivity contribution is 7.89. The van der Waals surface area contributed by atoms with Crippen LogP contribution in [-0.4, -0.2) is 75.9 Å². The number of anilines is 1. The van der Waals surface area contributed by atoms with Crippen LogP contribution in [0, 0.1) is 6.92 Å². The molecule has 0 fully saturated rings. The number of likely N-dealkylation sites (N-methyl/N-ethyl adjacent to an activating group) is 1. The minimum absolute atomic E-state index is 0.143. The third-order valence-electron chi connectivity index (χ3n) is 5.80. The van der Waals surface area contributed by atoms with Gasteiger partial charge in [-0.25, -0.2) is 17.7 Å². The zero-order chi connectivity index (χ0) is 25.0. The Labute approximate surface area is 205 Å². The molecule has 1 amide bonds. The highest BCUT2D eigenvalue weighted by Gasteiger charge is 2.24. The number of fused-ring (bicyclic) bond motifs is 1. The van der Waals surface area contributed by atoms with Crippen LogP contribution in [0.25, 0.3) is 10.2 Å². The fourth-order valence-electron chi connectivity index (χ4n) is 3.58. The molecule has 2 aromatic carbocycles. The molecule has 0 aliphatic rings. The van der Waals surface area contributed by atoms with Crippen molar-refractivity contribution in [2.24, 2.45) is 0 Å². The van der Waals surface area contributed by atoms with E-state index in [1.165, 1.54) is 37.6 Å². The van der Waals surface area contributed by atoms with E-state index in [9.17, 15) is 13.2 Å². The third kappa shape index (κ3) is 5.25. The molecule has 0 aliphatic heterocycles. The molecule has 3 rings (SSSR count). The van der Waals surface area contributed by atoms with Crippen molar-refractivity contribution in [1.29, 1.82) is 0 Å². The number of sulfonamides is 1. The number of aryl methyl sites for hydroxylation is 1. The van der Waals surface area contributed by atoms with E-state index in [0.29, 0.717) is 29.5 Å². The molecule has 0 radical (unpaired) electrons. The van der Waals surface area contributed by atoms with Gasteiger partial charge in [-0.1, -0.05) is 31.3 Å². The summed E-state index contributed by atoms with van der Waals surface area (Å²) in [5.74, 6) is 0.439. The number of amides is 1. The largest absolute Gasteiger partial charge is 0.494 e. The normalized spacial score (nSPS) is 12.0. The lowest BCUT2D eigenvalue weighted by molar-refractivity contribution is 0.0983.